The Kier molecular flexibility index (Phi) is 8.22. The van der Waals surface area contributed by atoms with E-state index in [9.17, 15) is 0 Å². The second-order valence-electron chi connectivity index (χ2n) is 15.1. The Morgan fingerprint density at radius 2 is 0.717 bits per heavy atom. The first-order chi connectivity index (χ1) is 29.7. The van der Waals surface area contributed by atoms with Crippen molar-refractivity contribution in [3.63, 3.8) is 0 Å². The monoisotopic (exact) mass is 799 g/mol. The van der Waals surface area contributed by atoms with Crippen molar-refractivity contribution in [2.75, 3.05) is 0 Å². The van der Waals surface area contributed by atoms with Crippen molar-refractivity contribution in [3.8, 4) is 67.5 Å². The van der Waals surface area contributed by atoms with Crippen LogP contribution in [-0.4, -0.2) is 15.0 Å². The summed E-state index contributed by atoms with van der Waals surface area (Å²) in [5.74, 6) is 1.94. The Hall–Kier alpha value is -7.31. The molecule has 3 nitrogen and oxygen atoms in total. The third kappa shape index (κ3) is 5.74. The molecule has 280 valence electrons. The fourth-order valence-corrected chi connectivity index (χ4v) is 11.2. The highest BCUT2D eigenvalue weighted by molar-refractivity contribution is 7.26. The van der Waals surface area contributed by atoms with Crippen LogP contribution in [0.25, 0.3) is 119 Å². The zero-order chi connectivity index (χ0) is 39.6. The molecule has 0 unspecified atom stereocenters. The molecule has 0 radical (unpaired) electrons. The van der Waals surface area contributed by atoms with Crippen LogP contribution in [0, 0.1) is 0 Å². The summed E-state index contributed by atoms with van der Waals surface area (Å²) in [6, 6.07) is 71.6. The molecule has 12 rings (SSSR count). The first kappa shape index (κ1) is 34.7. The third-order valence-corrected chi connectivity index (χ3v) is 14.0. The molecule has 9 aromatic carbocycles. The number of fused-ring (bicyclic) bond motifs is 7. The van der Waals surface area contributed by atoms with Gasteiger partial charge in [0.25, 0.3) is 0 Å². The lowest BCUT2D eigenvalue weighted by Gasteiger charge is -2.20. The summed E-state index contributed by atoms with van der Waals surface area (Å²) in [7, 11) is 0. The average molecular weight is 800 g/mol. The van der Waals surface area contributed by atoms with Crippen LogP contribution < -0.4 is 0 Å². The molecule has 0 saturated heterocycles. The molecule has 12 aromatic rings. The molecule has 0 bridgehead atoms. The smallest absolute Gasteiger partial charge is 0.165 e. The Balaban J connectivity index is 1.22. The maximum atomic E-state index is 5.57. The molecule has 0 saturated carbocycles. The number of thiophene rings is 2. The van der Waals surface area contributed by atoms with E-state index in [1.807, 2.05) is 0 Å². The summed E-state index contributed by atoms with van der Waals surface area (Å²) in [6.45, 7) is 0. The van der Waals surface area contributed by atoms with Crippen LogP contribution in [0.2, 0.25) is 0 Å². The lowest BCUT2D eigenvalue weighted by atomic mass is 9.85. The van der Waals surface area contributed by atoms with Crippen LogP contribution in [0.1, 0.15) is 0 Å². The highest BCUT2D eigenvalue weighted by Gasteiger charge is 2.24. The van der Waals surface area contributed by atoms with Crippen LogP contribution in [0.4, 0.5) is 0 Å². The summed E-state index contributed by atoms with van der Waals surface area (Å²) in [5.41, 5.74) is 9.61. The molecule has 0 N–H and O–H groups in total. The van der Waals surface area contributed by atoms with Crippen LogP contribution >= 0.6 is 22.7 Å². The topological polar surface area (TPSA) is 38.7 Å². The Morgan fingerprint density at radius 1 is 0.283 bits per heavy atom. The summed E-state index contributed by atoms with van der Waals surface area (Å²) >= 11 is 3.59. The van der Waals surface area contributed by atoms with Gasteiger partial charge in [-0.15, -0.1) is 22.7 Å². The van der Waals surface area contributed by atoms with E-state index in [1.165, 1.54) is 51.1 Å². The van der Waals surface area contributed by atoms with E-state index in [0.29, 0.717) is 17.5 Å². The highest BCUT2D eigenvalue weighted by atomic mass is 32.1. The van der Waals surface area contributed by atoms with E-state index in [2.05, 4.69) is 200 Å². The number of nitrogens with zero attached hydrogens (tertiary/aromatic N) is 3. The molecule has 3 aromatic heterocycles. The Morgan fingerprint density at radius 3 is 1.33 bits per heavy atom. The minimum atomic E-state index is 0.629. The second kappa shape index (κ2) is 14.2. The van der Waals surface area contributed by atoms with E-state index in [1.54, 1.807) is 22.7 Å². The number of aromatic nitrogens is 3. The van der Waals surface area contributed by atoms with Gasteiger partial charge in [-0.05, 0) is 75.0 Å². The summed E-state index contributed by atoms with van der Waals surface area (Å²) < 4.78 is 4.81. The van der Waals surface area contributed by atoms with Gasteiger partial charge in [-0.25, -0.2) is 15.0 Å². The molecule has 3 heterocycles. The minimum absolute atomic E-state index is 0.629. The molecular formula is C55H33N3S2. The number of hydrogen-bond acceptors (Lipinski definition) is 5. The first-order valence-corrected chi connectivity index (χ1v) is 21.7. The van der Waals surface area contributed by atoms with Crippen LogP contribution in [0.3, 0.4) is 0 Å². The van der Waals surface area contributed by atoms with Gasteiger partial charge in [-0.1, -0.05) is 164 Å². The summed E-state index contributed by atoms with van der Waals surface area (Å²) in [5, 5.41) is 7.24. The van der Waals surface area contributed by atoms with Crippen LogP contribution in [0.5, 0.6) is 0 Å². The van der Waals surface area contributed by atoms with Crippen molar-refractivity contribution in [1.82, 2.24) is 15.0 Å². The largest absolute Gasteiger partial charge is 0.208 e. The van der Waals surface area contributed by atoms with Gasteiger partial charge in [0.05, 0.1) is 0 Å². The standard InChI is InChI=1S/C55H33N3S2/c1-3-16-34(17-4-1)37-32-46(36-18-5-2-6-19-36)50(41-25-13-21-35-20-7-8-22-38(35)41)47(33-37)55-57-53(44-28-14-26-42-39-23-9-11-30-48(39)59-51(42)44)56-54(58-55)45-29-15-27-43-40-24-10-12-31-49(40)60-52(43)45/h1-33H. The molecule has 60 heavy (non-hydrogen) atoms. The average Bonchev–Trinajstić information content (AvgIpc) is 3.90. The normalized spacial score (nSPS) is 11.7. The minimum Gasteiger partial charge on any atom is -0.208 e. The number of hydrogen-bond donors (Lipinski definition) is 0. The van der Waals surface area contributed by atoms with Crippen molar-refractivity contribution < 1.29 is 0 Å². The van der Waals surface area contributed by atoms with Gasteiger partial charge in [0.1, 0.15) is 0 Å². The highest BCUT2D eigenvalue weighted by Crippen LogP contribution is 2.47. The van der Waals surface area contributed by atoms with E-state index >= 15 is 0 Å². The summed E-state index contributed by atoms with van der Waals surface area (Å²) in [4.78, 5) is 16.6. The SMILES string of the molecule is c1ccc(-c2cc(-c3ccccc3)c(-c3cccc4ccccc34)c(-c3nc(-c4cccc5c4sc4ccccc45)nc(-c4cccc5c4sc4ccccc45)n3)c2)cc1. The van der Waals surface area contributed by atoms with Crippen molar-refractivity contribution in [2.45, 2.75) is 0 Å². The van der Waals surface area contributed by atoms with Gasteiger partial charge < -0.3 is 0 Å². The first-order valence-electron chi connectivity index (χ1n) is 20.1. The Labute approximate surface area is 354 Å². The number of benzene rings is 9. The van der Waals surface area contributed by atoms with Gasteiger partial charge in [0.15, 0.2) is 17.5 Å². The van der Waals surface area contributed by atoms with Gasteiger partial charge in [-0.3, -0.25) is 0 Å². The molecule has 0 fully saturated rings. The quantitative estimate of drug-likeness (QED) is 0.168. The molecule has 0 spiro atoms. The molecule has 0 aliphatic carbocycles. The molecule has 5 heteroatoms. The third-order valence-electron chi connectivity index (χ3n) is 11.6. The van der Waals surface area contributed by atoms with Crippen molar-refractivity contribution in [1.29, 1.82) is 0 Å². The van der Waals surface area contributed by atoms with Gasteiger partial charge in [0.2, 0.25) is 0 Å². The molecule has 0 aliphatic rings. The molecule has 0 atom stereocenters. The number of rotatable bonds is 6. The fraction of sp³-hybridized carbons (Fsp3) is 0. The lowest BCUT2D eigenvalue weighted by molar-refractivity contribution is 1.08. The van der Waals surface area contributed by atoms with E-state index in [-0.39, 0.29) is 0 Å². The Bertz CT molecular complexity index is 3470. The van der Waals surface area contributed by atoms with E-state index < -0.39 is 0 Å². The van der Waals surface area contributed by atoms with E-state index in [4.69, 9.17) is 15.0 Å². The van der Waals surface area contributed by atoms with Crippen LogP contribution in [-0.2, 0) is 0 Å². The van der Waals surface area contributed by atoms with Gasteiger partial charge >= 0.3 is 0 Å². The predicted octanol–water partition coefficient (Wildman–Crippen LogP) is 15.8. The van der Waals surface area contributed by atoms with Crippen LogP contribution in [0.15, 0.2) is 200 Å². The van der Waals surface area contributed by atoms with Crippen molar-refractivity contribution >= 4 is 73.8 Å². The van der Waals surface area contributed by atoms with Gasteiger partial charge in [-0.2, -0.15) is 0 Å². The predicted molar refractivity (Wildman–Crippen MR) is 256 cm³/mol. The van der Waals surface area contributed by atoms with Crippen molar-refractivity contribution in [2.24, 2.45) is 0 Å². The molecular weight excluding hydrogens is 767 g/mol. The lowest BCUT2D eigenvalue weighted by Crippen LogP contribution is -2.03. The zero-order valence-electron chi connectivity index (χ0n) is 32.2. The fourth-order valence-electron chi connectivity index (χ4n) is 8.78. The maximum Gasteiger partial charge on any atom is 0.165 e. The van der Waals surface area contributed by atoms with Gasteiger partial charge in [0, 0.05) is 62.6 Å². The molecule has 0 amide bonds. The summed E-state index contributed by atoms with van der Waals surface area (Å²) in [6.07, 6.45) is 0. The molecule has 0 aliphatic heterocycles. The zero-order valence-corrected chi connectivity index (χ0v) is 33.8. The second-order valence-corrected chi connectivity index (χ2v) is 17.2. The maximum absolute atomic E-state index is 5.57. The van der Waals surface area contributed by atoms with Crippen molar-refractivity contribution in [3.05, 3.63) is 200 Å². The van der Waals surface area contributed by atoms with E-state index in [0.717, 1.165) is 50.1 Å².